The molecular weight excluding hydrogens is 767 g/mol. The summed E-state index contributed by atoms with van der Waals surface area (Å²) in [5.74, 6) is -0.491. The molecular formula is C23H34I3NO6. The number of carbonyl (C=O) groups excluding carboxylic acids is 1. The van der Waals surface area contributed by atoms with Crippen molar-refractivity contribution in [1.29, 1.82) is 0 Å². The van der Waals surface area contributed by atoms with Gasteiger partial charge in [-0.15, -0.1) is 0 Å². The molecule has 2 rings (SSSR count). The summed E-state index contributed by atoms with van der Waals surface area (Å²) in [4.78, 5) is 14.4. The monoisotopic (exact) mass is 801 g/mol. The number of aliphatic hydroxyl groups excluding tert-OH is 2. The maximum absolute atomic E-state index is 12.0. The van der Waals surface area contributed by atoms with Crippen molar-refractivity contribution in [3.05, 3.63) is 28.4 Å². The van der Waals surface area contributed by atoms with Gasteiger partial charge in [-0.3, -0.25) is 9.69 Å². The third-order valence-electron chi connectivity index (χ3n) is 6.10. The van der Waals surface area contributed by atoms with E-state index in [0.717, 1.165) is 23.6 Å². The molecule has 0 spiro atoms. The van der Waals surface area contributed by atoms with E-state index in [1.807, 2.05) is 12.1 Å². The van der Waals surface area contributed by atoms with Gasteiger partial charge in [-0.1, -0.05) is 0 Å². The van der Waals surface area contributed by atoms with Gasteiger partial charge in [0.25, 0.3) is 0 Å². The Kier molecular flexibility index (Phi) is 11.6. The minimum atomic E-state index is -1.12. The number of benzene rings is 1. The fourth-order valence-corrected chi connectivity index (χ4v) is 6.52. The lowest BCUT2D eigenvalue weighted by Crippen LogP contribution is -2.60. The number of nitrogens with zero attached hydrogens (tertiary/aromatic N) is 1. The van der Waals surface area contributed by atoms with Crippen LogP contribution in [0.3, 0.4) is 0 Å². The number of ether oxygens (including phenoxy) is 3. The van der Waals surface area contributed by atoms with Gasteiger partial charge in [-0.05, 0) is 127 Å². The van der Waals surface area contributed by atoms with E-state index in [9.17, 15) is 15.0 Å². The first-order valence-electron chi connectivity index (χ1n) is 10.9. The molecule has 33 heavy (non-hydrogen) atoms. The summed E-state index contributed by atoms with van der Waals surface area (Å²) in [5, 5.41) is 20.5. The average Bonchev–Trinajstić information content (AvgIpc) is 2.71. The molecule has 1 aromatic rings. The summed E-state index contributed by atoms with van der Waals surface area (Å²) < 4.78 is 19.5. The highest BCUT2D eigenvalue weighted by Gasteiger charge is 2.43. The highest BCUT2D eigenvalue weighted by molar-refractivity contribution is 14.1. The van der Waals surface area contributed by atoms with Gasteiger partial charge in [-0.25, -0.2) is 0 Å². The standard InChI is InChI=1S/C23H34I3NO6/c1-22(2)10-16(11-23(3,4)27(22)5)32-12-15(28)13-33-19(29)6-7-31-21(30)17-8-14(24)9-18(25)20(17)26/h8-9,15-16,21,28,30H,6-7,10-13H2,1-5H3. The summed E-state index contributed by atoms with van der Waals surface area (Å²) in [5.41, 5.74) is 0.680. The van der Waals surface area contributed by atoms with Crippen molar-refractivity contribution in [2.75, 3.05) is 26.9 Å². The Bertz CT molecular complexity index is 802. The second-order valence-electron chi connectivity index (χ2n) is 9.65. The number of rotatable bonds is 10. The lowest BCUT2D eigenvalue weighted by atomic mass is 9.79. The van der Waals surface area contributed by atoms with Crippen LogP contribution >= 0.6 is 67.8 Å². The van der Waals surface area contributed by atoms with Gasteiger partial charge in [0.2, 0.25) is 0 Å². The number of aliphatic hydroxyl groups is 2. The Morgan fingerprint density at radius 3 is 2.33 bits per heavy atom. The van der Waals surface area contributed by atoms with Gasteiger partial charge >= 0.3 is 5.97 Å². The number of carbonyl (C=O) groups is 1. The zero-order valence-electron chi connectivity index (χ0n) is 19.7. The molecule has 1 fully saturated rings. The molecule has 0 aliphatic carbocycles. The summed E-state index contributed by atoms with van der Waals surface area (Å²) in [6.07, 6.45) is -0.232. The molecule has 0 bridgehead atoms. The summed E-state index contributed by atoms with van der Waals surface area (Å²) in [6, 6.07) is 3.87. The van der Waals surface area contributed by atoms with Crippen molar-refractivity contribution in [3.63, 3.8) is 0 Å². The van der Waals surface area contributed by atoms with Crippen LogP contribution in [0.4, 0.5) is 0 Å². The molecule has 10 heteroatoms. The second-order valence-corrected chi connectivity index (χ2v) is 13.1. The van der Waals surface area contributed by atoms with Gasteiger partial charge in [0.15, 0.2) is 6.29 Å². The maximum Gasteiger partial charge on any atom is 0.308 e. The van der Waals surface area contributed by atoms with Crippen LogP contribution in [-0.4, -0.2) is 71.2 Å². The molecule has 1 saturated heterocycles. The topological polar surface area (TPSA) is 88.5 Å². The fourth-order valence-electron chi connectivity index (χ4n) is 4.05. The molecule has 1 aliphatic rings. The molecule has 2 atom stereocenters. The first kappa shape index (κ1) is 29.9. The lowest BCUT2D eigenvalue weighted by molar-refractivity contribution is -0.154. The van der Waals surface area contributed by atoms with Crippen molar-refractivity contribution in [3.8, 4) is 0 Å². The van der Waals surface area contributed by atoms with Crippen LogP contribution in [0.2, 0.25) is 0 Å². The predicted octanol–water partition coefficient (Wildman–Crippen LogP) is 4.47. The van der Waals surface area contributed by atoms with Crippen LogP contribution in [0.1, 0.15) is 58.8 Å². The van der Waals surface area contributed by atoms with Gasteiger partial charge < -0.3 is 24.4 Å². The Labute approximate surface area is 237 Å². The Balaban J connectivity index is 1.69. The summed E-state index contributed by atoms with van der Waals surface area (Å²) >= 11 is 6.56. The normalized spacial score (nSPS) is 20.4. The third kappa shape index (κ3) is 8.93. The highest BCUT2D eigenvalue weighted by Crippen LogP contribution is 2.38. The van der Waals surface area contributed by atoms with Crippen LogP contribution in [-0.2, 0) is 19.0 Å². The summed E-state index contributed by atoms with van der Waals surface area (Å²) in [6.45, 7) is 8.79. The molecule has 0 saturated carbocycles. The van der Waals surface area contributed by atoms with E-state index >= 15 is 0 Å². The Morgan fingerprint density at radius 2 is 1.73 bits per heavy atom. The molecule has 1 aliphatic heterocycles. The lowest BCUT2D eigenvalue weighted by Gasteiger charge is -2.53. The Hall–Kier alpha value is 0.680. The molecule has 1 aromatic carbocycles. The number of piperidine rings is 1. The number of hydrogen-bond acceptors (Lipinski definition) is 7. The zero-order chi connectivity index (χ0) is 25.0. The molecule has 7 nitrogen and oxygen atoms in total. The van der Waals surface area contributed by atoms with Crippen LogP contribution in [0.25, 0.3) is 0 Å². The van der Waals surface area contributed by atoms with E-state index in [0.29, 0.717) is 5.56 Å². The number of likely N-dealkylation sites (tertiary alicyclic amines) is 1. The number of hydrogen-bond donors (Lipinski definition) is 2. The van der Waals surface area contributed by atoms with E-state index in [-0.39, 0.29) is 43.4 Å². The van der Waals surface area contributed by atoms with E-state index in [2.05, 4.69) is 107 Å². The SMILES string of the molecule is CN1C(C)(C)CC(OCC(O)COC(=O)CCOC(O)c2cc(I)cc(I)c2I)CC1(C)C. The van der Waals surface area contributed by atoms with Gasteiger partial charge in [0.05, 0.1) is 25.7 Å². The van der Waals surface area contributed by atoms with Crippen molar-refractivity contribution >= 4 is 73.7 Å². The minimum absolute atomic E-state index is 0.00275. The number of esters is 1. The van der Waals surface area contributed by atoms with E-state index < -0.39 is 18.4 Å². The third-order valence-corrected chi connectivity index (χ3v) is 9.81. The Morgan fingerprint density at radius 1 is 1.12 bits per heavy atom. The van der Waals surface area contributed by atoms with Crippen molar-refractivity contribution in [2.24, 2.45) is 0 Å². The maximum atomic E-state index is 12.0. The van der Waals surface area contributed by atoms with E-state index in [1.165, 1.54) is 0 Å². The van der Waals surface area contributed by atoms with Crippen molar-refractivity contribution in [1.82, 2.24) is 4.90 Å². The number of halogens is 3. The molecule has 2 N–H and O–H groups in total. The first-order valence-corrected chi connectivity index (χ1v) is 14.1. The largest absolute Gasteiger partial charge is 0.463 e. The van der Waals surface area contributed by atoms with Crippen LogP contribution in [0, 0.1) is 10.7 Å². The van der Waals surface area contributed by atoms with E-state index in [4.69, 9.17) is 14.2 Å². The first-order chi connectivity index (χ1) is 15.2. The molecule has 1 heterocycles. The second kappa shape index (κ2) is 12.8. The predicted molar refractivity (Wildman–Crippen MR) is 152 cm³/mol. The zero-order valence-corrected chi connectivity index (χ0v) is 26.2. The molecule has 0 aromatic heterocycles. The van der Waals surface area contributed by atoms with Crippen LogP contribution in [0.5, 0.6) is 0 Å². The molecule has 0 amide bonds. The average molecular weight is 801 g/mol. The quantitative estimate of drug-likeness (QED) is 0.157. The van der Waals surface area contributed by atoms with Gasteiger partial charge in [0.1, 0.15) is 12.7 Å². The fraction of sp³-hybridized carbons (Fsp3) is 0.696. The van der Waals surface area contributed by atoms with Crippen molar-refractivity contribution in [2.45, 2.75) is 76.5 Å². The van der Waals surface area contributed by atoms with Gasteiger partial charge in [0, 0.05) is 27.4 Å². The van der Waals surface area contributed by atoms with Gasteiger partial charge in [-0.2, -0.15) is 0 Å². The van der Waals surface area contributed by atoms with Crippen LogP contribution in [0.15, 0.2) is 12.1 Å². The van der Waals surface area contributed by atoms with E-state index in [1.54, 1.807) is 0 Å². The smallest absolute Gasteiger partial charge is 0.308 e. The molecule has 2 unspecified atom stereocenters. The van der Waals surface area contributed by atoms with Crippen molar-refractivity contribution < 1.29 is 29.2 Å². The molecule has 0 radical (unpaired) electrons. The molecule has 188 valence electrons. The highest BCUT2D eigenvalue weighted by atomic mass is 127. The minimum Gasteiger partial charge on any atom is -0.463 e. The summed E-state index contributed by atoms with van der Waals surface area (Å²) in [7, 11) is 2.13. The van der Waals surface area contributed by atoms with Crippen LogP contribution < -0.4 is 0 Å².